The van der Waals surface area contributed by atoms with Gasteiger partial charge in [-0.1, -0.05) is 45.4 Å². The molecule has 20 heavy (non-hydrogen) atoms. The lowest BCUT2D eigenvalue weighted by atomic mass is 10.1. The molecular weight excluding hydrogens is 268 g/mol. The molecule has 1 heterocycles. The highest BCUT2D eigenvalue weighted by Gasteiger charge is 2.27. The Labute approximate surface area is 126 Å². The monoisotopic (exact) mass is 302 g/mol. The minimum Gasteiger partial charge on any atom is -0.420 e. The van der Waals surface area contributed by atoms with E-state index in [-0.39, 0.29) is 0 Å². The van der Waals surface area contributed by atoms with E-state index in [0.717, 1.165) is 26.2 Å². The summed E-state index contributed by atoms with van der Waals surface area (Å²) >= 11 is 0. The Morgan fingerprint density at radius 3 is 2.35 bits per heavy atom. The molecule has 0 saturated carbocycles. The molecule has 0 spiro atoms. The van der Waals surface area contributed by atoms with Gasteiger partial charge in [0.05, 0.1) is 13.2 Å². The van der Waals surface area contributed by atoms with Gasteiger partial charge >= 0.3 is 0 Å². The topological polar surface area (TPSA) is 31.0 Å². The molecule has 0 aromatic heterocycles. The van der Waals surface area contributed by atoms with E-state index in [9.17, 15) is 0 Å². The summed E-state index contributed by atoms with van der Waals surface area (Å²) in [5.41, 5.74) is 0. The van der Waals surface area contributed by atoms with Crippen molar-refractivity contribution in [3.63, 3.8) is 0 Å². The first-order valence-electron chi connectivity index (χ1n) is 8.44. The smallest absolute Gasteiger partial charge is 0.189 e. The maximum absolute atomic E-state index is 5.86. The molecule has 0 aromatic carbocycles. The molecule has 120 valence electrons. The molecule has 1 aliphatic heterocycles. The van der Waals surface area contributed by atoms with Gasteiger partial charge in [0.1, 0.15) is 6.10 Å². The van der Waals surface area contributed by atoms with Gasteiger partial charge in [-0.05, 0) is 25.1 Å². The number of unbranched alkanes of at least 4 members (excludes halogenated alkanes) is 5. The van der Waals surface area contributed by atoms with Gasteiger partial charge < -0.3 is 13.9 Å². The van der Waals surface area contributed by atoms with E-state index >= 15 is 0 Å². The van der Waals surface area contributed by atoms with Gasteiger partial charge in [-0.3, -0.25) is 0 Å². The minimum absolute atomic E-state index is 0.393. The molecule has 1 fully saturated rings. The summed E-state index contributed by atoms with van der Waals surface area (Å²) in [6.45, 7) is 7.18. The van der Waals surface area contributed by atoms with Crippen molar-refractivity contribution in [2.24, 2.45) is 0 Å². The molecular formula is C16H34O3Si. The van der Waals surface area contributed by atoms with Crippen LogP contribution in [0.3, 0.4) is 0 Å². The van der Waals surface area contributed by atoms with Crippen molar-refractivity contribution in [1.82, 2.24) is 0 Å². The van der Waals surface area contributed by atoms with Gasteiger partial charge in [-0.25, -0.2) is 0 Å². The SMILES string of the molecule is CCCCCCCC[Si](C)(CCCOCC1CO1)OC. The van der Waals surface area contributed by atoms with Crippen LogP contribution in [0, 0.1) is 0 Å². The average Bonchev–Trinajstić information content (AvgIpc) is 3.26. The van der Waals surface area contributed by atoms with Crippen LogP contribution in [0.4, 0.5) is 0 Å². The number of ether oxygens (including phenoxy) is 2. The van der Waals surface area contributed by atoms with Crippen LogP contribution >= 0.6 is 0 Å². The lowest BCUT2D eigenvalue weighted by Gasteiger charge is -2.25. The Kier molecular flexibility index (Phi) is 9.77. The highest BCUT2D eigenvalue weighted by molar-refractivity contribution is 6.72. The van der Waals surface area contributed by atoms with Crippen LogP contribution in [0.1, 0.15) is 51.9 Å². The first-order valence-corrected chi connectivity index (χ1v) is 11.3. The third-order valence-corrected chi connectivity index (χ3v) is 8.06. The van der Waals surface area contributed by atoms with Gasteiger partial charge in [-0.15, -0.1) is 0 Å². The molecule has 0 aliphatic carbocycles. The van der Waals surface area contributed by atoms with Gasteiger partial charge in [-0.2, -0.15) is 0 Å². The molecule has 0 radical (unpaired) electrons. The van der Waals surface area contributed by atoms with E-state index < -0.39 is 8.32 Å². The summed E-state index contributed by atoms with van der Waals surface area (Å²) < 4.78 is 16.6. The molecule has 0 N–H and O–H groups in total. The van der Waals surface area contributed by atoms with Gasteiger partial charge in [0.2, 0.25) is 0 Å². The Morgan fingerprint density at radius 2 is 1.70 bits per heavy atom. The molecule has 4 heteroatoms. The Balaban J connectivity index is 1.97. The van der Waals surface area contributed by atoms with Crippen LogP contribution in [-0.2, 0) is 13.9 Å². The molecule has 0 bridgehead atoms. The predicted molar refractivity (Wildman–Crippen MR) is 86.8 cm³/mol. The van der Waals surface area contributed by atoms with Gasteiger partial charge in [0.25, 0.3) is 0 Å². The van der Waals surface area contributed by atoms with Crippen LogP contribution < -0.4 is 0 Å². The largest absolute Gasteiger partial charge is 0.420 e. The van der Waals surface area contributed by atoms with Crippen LogP contribution in [0.5, 0.6) is 0 Å². The van der Waals surface area contributed by atoms with Crippen molar-refractivity contribution in [1.29, 1.82) is 0 Å². The van der Waals surface area contributed by atoms with Crippen molar-refractivity contribution >= 4 is 8.32 Å². The Hall–Kier alpha value is 0.0969. The first kappa shape index (κ1) is 18.1. The second-order valence-electron chi connectivity index (χ2n) is 6.31. The molecule has 3 nitrogen and oxygen atoms in total. The lowest BCUT2D eigenvalue weighted by Crippen LogP contribution is -2.33. The van der Waals surface area contributed by atoms with Crippen molar-refractivity contribution in [3.05, 3.63) is 0 Å². The fraction of sp³-hybridized carbons (Fsp3) is 1.00. The Bertz CT molecular complexity index is 234. The average molecular weight is 303 g/mol. The van der Waals surface area contributed by atoms with Crippen molar-refractivity contribution in [2.75, 3.05) is 26.9 Å². The highest BCUT2D eigenvalue weighted by atomic mass is 28.4. The maximum atomic E-state index is 5.86. The first-order chi connectivity index (χ1) is 9.70. The maximum Gasteiger partial charge on any atom is 0.189 e. The normalized spacial score (nSPS) is 20.9. The van der Waals surface area contributed by atoms with E-state index in [0.29, 0.717) is 6.10 Å². The second kappa shape index (κ2) is 10.8. The summed E-state index contributed by atoms with van der Waals surface area (Å²) in [5.74, 6) is 0. The lowest BCUT2D eigenvalue weighted by molar-refractivity contribution is 0.116. The van der Waals surface area contributed by atoms with Crippen molar-refractivity contribution < 1.29 is 13.9 Å². The third-order valence-electron chi connectivity index (χ3n) is 4.25. The summed E-state index contributed by atoms with van der Waals surface area (Å²) in [4.78, 5) is 0. The molecule has 1 rings (SSSR count). The summed E-state index contributed by atoms with van der Waals surface area (Å²) in [5, 5.41) is 0. The van der Waals surface area contributed by atoms with Crippen LogP contribution in [0.2, 0.25) is 18.6 Å². The summed E-state index contributed by atoms with van der Waals surface area (Å²) in [6, 6.07) is 2.53. The third kappa shape index (κ3) is 9.11. The molecule has 2 atom stereocenters. The summed E-state index contributed by atoms with van der Waals surface area (Å²) in [6.07, 6.45) is 9.77. The number of epoxide rings is 1. The molecule has 1 saturated heterocycles. The predicted octanol–water partition coefficient (Wildman–Crippen LogP) is 4.37. The van der Waals surface area contributed by atoms with E-state index in [2.05, 4.69) is 13.5 Å². The fourth-order valence-corrected chi connectivity index (χ4v) is 5.08. The summed E-state index contributed by atoms with van der Waals surface area (Å²) in [7, 11) is 0.440. The van der Waals surface area contributed by atoms with Crippen molar-refractivity contribution in [3.8, 4) is 0 Å². The minimum atomic E-state index is -1.46. The molecule has 1 aliphatic rings. The quantitative estimate of drug-likeness (QED) is 0.271. The van der Waals surface area contributed by atoms with Gasteiger partial charge in [0.15, 0.2) is 8.32 Å². The number of hydrogen-bond donors (Lipinski definition) is 0. The fourth-order valence-electron chi connectivity index (χ4n) is 2.54. The van der Waals surface area contributed by atoms with E-state index in [4.69, 9.17) is 13.9 Å². The zero-order chi connectivity index (χ0) is 14.7. The molecule has 0 amide bonds. The van der Waals surface area contributed by atoms with E-state index in [1.54, 1.807) is 0 Å². The second-order valence-corrected chi connectivity index (χ2v) is 10.6. The van der Waals surface area contributed by atoms with Crippen LogP contribution in [-0.4, -0.2) is 41.4 Å². The zero-order valence-electron chi connectivity index (χ0n) is 13.8. The van der Waals surface area contributed by atoms with Crippen LogP contribution in [0.25, 0.3) is 0 Å². The Morgan fingerprint density at radius 1 is 1.05 bits per heavy atom. The van der Waals surface area contributed by atoms with E-state index in [1.807, 2.05) is 7.11 Å². The molecule has 2 unspecified atom stereocenters. The van der Waals surface area contributed by atoms with Crippen LogP contribution in [0.15, 0.2) is 0 Å². The zero-order valence-corrected chi connectivity index (χ0v) is 14.8. The number of rotatable bonds is 14. The van der Waals surface area contributed by atoms with Gasteiger partial charge in [0, 0.05) is 13.7 Å². The molecule has 0 aromatic rings. The van der Waals surface area contributed by atoms with Crippen molar-refractivity contribution in [2.45, 2.75) is 76.6 Å². The van der Waals surface area contributed by atoms with E-state index in [1.165, 1.54) is 50.6 Å². The highest BCUT2D eigenvalue weighted by Crippen LogP contribution is 2.22. The number of hydrogen-bond acceptors (Lipinski definition) is 3. The standard InChI is InChI=1S/C16H34O3Si/c1-4-5-6-7-8-9-12-20(3,17-2)13-10-11-18-14-16-15-19-16/h16H,4-15H2,1-3H3.